The van der Waals surface area contributed by atoms with E-state index in [1.165, 1.54) is 0 Å². The molecule has 3 heteroatoms. The third-order valence-corrected chi connectivity index (χ3v) is 2.37. The summed E-state index contributed by atoms with van der Waals surface area (Å²) in [5.41, 5.74) is 0. The lowest BCUT2D eigenvalue weighted by atomic mass is 10.0. The third kappa shape index (κ3) is 4.30. The Bertz CT molecular complexity index is 127. The van der Waals surface area contributed by atoms with Crippen molar-refractivity contribution in [2.24, 2.45) is 5.92 Å². The van der Waals surface area contributed by atoms with E-state index >= 15 is 0 Å². The standard InChI is InChI=1S/C8H17NOS/c1-4-7(11)5-6(2)8(10)9-3/h6-7,11H,4-5H2,1-3H3,(H,9,10). The van der Waals surface area contributed by atoms with Crippen LogP contribution in [0.15, 0.2) is 0 Å². The lowest BCUT2D eigenvalue weighted by molar-refractivity contribution is -0.124. The molecule has 0 saturated heterocycles. The number of hydrogen-bond acceptors (Lipinski definition) is 2. The SMILES string of the molecule is CCC(S)CC(C)C(=O)NC. The lowest BCUT2D eigenvalue weighted by Crippen LogP contribution is -2.27. The molecule has 11 heavy (non-hydrogen) atoms. The van der Waals surface area contributed by atoms with Crippen molar-refractivity contribution in [2.75, 3.05) is 7.05 Å². The Morgan fingerprint density at radius 2 is 2.18 bits per heavy atom. The fourth-order valence-corrected chi connectivity index (χ4v) is 1.24. The second-order valence-electron chi connectivity index (χ2n) is 2.81. The van der Waals surface area contributed by atoms with Gasteiger partial charge in [0.2, 0.25) is 5.91 Å². The molecule has 0 aliphatic rings. The summed E-state index contributed by atoms with van der Waals surface area (Å²) >= 11 is 4.32. The van der Waals surface area contributed by atoms with Crippen molar-refractivity contribution in [3.8, 4) is 0 Å². The summed E-state index contributed by atoms with van der Waals surface area (Å²) in [4.78, 5) is 11.0. The van der Waals surface area contributed by atoms with E-state index < -0.39 is 0 Å². The Labute approximate surface area is 74.2 Å². The first-order valence-corrected chi connectivity index (χ1v) is 4.53. The van der Waals surface area contributed by atoms with Gasteiger partial charge >= 0.3 is 0 Å². The molecule has 0 fully saturated rings. The fourth-order valence-electron chi connectivity index (χ4n) is 0.928. The van der Waals surface area contributed by atoms with E-state index in [0.717, 1.165) is 12.8 Å². The number of thiol groups is 1. The quantitative estimate of drug-likeness (QED) is 0.622. The molecule has 0 radical (unpaired) electrons. The largest absolute Gasteiger partial charge is 0.359 e. The molecule has 66 valence electrons. The van der Waals surface area contributed by atoms with Crippen LogP contribution in [0.4, 0.5) is 0 Å². The fraction of sp³-hybridized carbons (Fsp3) is 0.875. The first-order valence-electron chi connectivity index (χ1n) is 4.01. The van der Waals surface area contributed by atoms with Gasteiger partial charge in [0, 0.05) is 18.2 Å². The first kappa shape index (κ1) is 10.8. The normalized spacial score (nSPS) is 15.6. The van der Waals surface area contributed by atoms with Gasteiger partial charge in [0.15, 0.2) is 0 Å². The van der Waals surface area contributed by atoms with Crippen LogP contribution in [0.5, 0.6) is 0 Å². The summed E-state index contributed by atoms with van der Waals surface area (Å²) in [5.74, 6) is 0.194. The van der Waals surface area contributed by atoms with Gasteiger partial charge in [-0.25, -0.2) is 0 Å². The topological polar surface area (TPSA) is 29.1 Å². The van der Waals surface area contributed by atoms with E-state index in [0.29, 0.717) is 5.25 Å². The molecule has 0 saturated carbocycles. The average Bonchev–Trinajstić information content (AvgIpc) is 2.02. The molecule has 0 aromatic rings. The number of nitrogens with one attached hydrogen (secondary N) is 1. The van der Waals surface area contributed by atoms with Crippen LogP contribution >= 0.6 is 12.6 Å². The monoisotopic (exact) mass is 175 g/mol. The molecule has 0 rings (SSSR count). The highest BCUT2D eigenvalue weighted by Gasteiger charge is 2.13. The summed E-state index contributed by atoms with van der Waals surface area (Å²) in [6.45, 7) is 4.01. The molecule has 0 aliphatic heterocycles. The van der Waals surface area contributed by atoms with E-state index in [4.69, 9.17) is 0 Å². The highest BCUT2D eigenvalue weighted by molar-refractivity contribution is 7.80. The first-order chi connectivity index (χ1) is 5.11. The van der Waals surface area contributed by atoms with Gasteiger partial charge in [-0.15, -0.1) is 0 Å². The van der Waals surface area contributed by atoms with Gasteiger partial charge in [-0.3, -0.25) is 4.79 Å². The highest BCUT2D eigenvalue weighted by atomic mass is 32.1. The molecular formula is C8H17NOS. The van der Waals surface area contributed by atoms with Crippen molar-refractivity contribution >= 4 is 18.5 Å². The van der Waals surface area contributed by atoms with Gasteiger partial charge in [0.25, 0.3) is 0 Å². The van der Waals surface area contributed by atoms with E-state index in [-0.39, 0.29) is 11.8 Å². The van der Waals surface area contributed by atoms with Crippen LogP contribution in [-0.4, -0.2) is 18.2 Å². The average molecular weight is 175 g/mol. The maximum atomic E-state index is 11.0. The van der Waals surface area contributed by atoms with Gasteiger partial charge in [-0.2, -0.15) is 12.6 Å². The van der Waals surface area contributed by atoms with Crippen molar-refractivity contribution < 1.29 is 4.79 Å². The van der Waals surface area contributed by atoms with Crippen LogP contribution in [0.1, 0.15) is 26.7 Å². The van der Waals surface area contributed by atoms with Crippen molar-refractivity contribution in [3.05, 3.63) is 0 Å². The summed E-state index contributed by atoms with van der Waals surface area (Å²) in [7, 11) is 1.66. The molecule has 2 atom stereocenters. The highest BCUT2D eigenvalue weighted by Crippen LogP contribution is 2.13. The molecule has 0 aliphatic carbocycles. The van der Waals surface area contributed by atoms with Crippen molar-refractivity contribution in [2.45, 2.75) is 31.9 Å². The van der Waals surface area contributed by atoms with Gasteiger partial charge < -0.3 is 5.32 Å². The second-order valence-corrected chi connectivity index (χ2v) is 3.54. The number of carbonyl (C=O) groups excluding carboxylic acids is 1. The van der Waals surface area contributed by atoms with E-state index in [9.17, 15) is 4.79 Å². The molecule has 0 bridgehead atoms. The zero-order chi connectivity index (χ0) is 8.85. The van der Waals surface area contributed by atoms with Crippen molar-refractivity contribution in [1.29, 1.82) is 0 Å². The Hall–Kier alpha value is -0.180. The zero-order valence-electron chi connectivity index (χ0n) is 7.42. The van der Waals surface area contributed by atoms with Crippen molar-refractivity contribution in [3.63, 3.8) is 0 Å². The van der Waals surface area contributed by atoms with Gasteiger partial charge in [-0.1, -0.05) is 13.8 Å². The summed E-state index contributed by atoms with van der Waals surface area (Å²) in [6.07, 6.45) is 1.88. The van der Waals surface area contributed by atoms with Gasteiger partial charge in [0.1, 0.15) is 0 Å². The number of amides is 1. The van der Waals surface area contributed by atoms with Crippen LogP contribution < -0.4 is 5.32 Å². The van der Waals surface area contributed by atoms with E-state index in [1.54, 1.807) is 7.05 Å². The van der Waals surface area contributed by atoms with Crippen LogP contribution in [0.3, 0.4) is 0 Å². The molecule has 0 heterocycles. The number of hydrogen-bond donors (Lipinski definition) is 2. The maximum absolute atomic E-state index is 11.0. The minimum absolute atomic E-state index is 0.0856. The summed E-state index contributed by atoms with van der Waals surface area (Å²) < 4.78 is 0. The Kier molecular flexibility index (Phi) is 5.38. The molecule has 1 amide bonds. The van der Waals surface area contributed by atoms with E-state index in [2.05, 4.69) is 24.9 Å². The van der Waals surface area contributed by atoms with Crippen LogP contribution in [-0.2, 0) is 4.79 Å². The molecule has 0 aromatic carbocycles. The summed E-state index contributed by atoms with van der Waals surface area (Å²) in [6, 6.07) is 0. The maximum Gasteiger partial charge on any atom is 0.222 e. The van der Waals surface area contributed by atoms with Crippen LogP contribution in [0.2, 0.25) is 0 Å². The number of carbonyl (C=O) groups is 1. The molecule has 0 aromatic heterocycles. The van der Waals surface area contributed by atoms with Crippen LogP contribution in [0, 0.1) is 5.92 Å². The zero-order valence-corrected chi connectivity index (χ0v) is 8.32. The molecule has 1 N–H and O–H groups in total. The van der Waals surface area contributed by atoms with Crippen molar-refractivity contribution in [1.82, 2.24) is 5.32 Å². The smallest absolute Gasteiger partial charge is 0.222 e. The second kappa shape index (κ2) is 5.47. The molecule has 0 spiro atoms. The molecular weight excluding hydrogens is 158 g/mol. The molecule has 2 nitrogen and oxygen atoms in total. The Balaban J connectivity index is 3.67. The predicted octanol–water partition coefficient (Wildman–Crippen LogP) is 1.47. The van der Waals surface area contributed by atoms with Crippen LogP contribution in [0.25, 0.3) is 0 Å². The Morgan fingerprint density at radius 3 is 2.55 bits per heavy atom. The van der Waals surface area contributed by atoms with E-state index in [1.807, 2.05) is 6.92 Å². The Morgan fingerprint density at radius 1 is 1.64 bits per heavy atom. The predicted molar refractivity (Wildman–Crippen MR) is 50.9 cm³/mol. The third-order valence-electron chi connectivity index (χ3n) is 1.79. The molecule has 2 unspecified atom stereocenters. The number of rotatable bonds is 4. The minimum Gasteiger partial charge on any atom is -0.359 e. The minimum atomic E-state index is 0.0856. The van der Waals surface area contributed by atoms with Gasteiger partial charge in [0.05, 0.1) is 0 Å². The summed E-state index contributed by atoms with van der Waals surface area (Å²) in [5, 5.41) is 2.97. The lowest BCUT2D eigenvalue weighted by Gasteiger charge is -2.13. The van der Waals surface area contributed by atoms with Gasteiger partial charge in [-0.05, 0) is 12.8 Å².